The number of aryl methyl sites for hydroxylation is 1. The van der Waals surface area contributed by atoms with Crippen LogP contribution in [0.25, 0.3) is 0 Å². The zero-order valence-corrected chi connectivity index (χ0v) is 14.0. The molecule has 0 spiro atoms. The van der Waals surface area contributed by atoms with Crippen LogP contribution in [0.5, 0.6) is 0 Å². The minimum Gasteiger partial charge on any atom is -0.398 e. The lowest BCUT2D eigenvalue weighted by atomic mass is 10.1. The first-order valence-corrected chi connectivity index (χ1v) is 7.46. The second-order valence-corrected chi connectivity index (χ2v) is 6.21. The van der Waals surface area contributed by atoms with Crippen molar-refractivity contribution in [2.75, 3.05) is 11.1 Å². The van der Waals surface area contributed by atoms with Crippen LogP contribution < -0.4 is 11.1 Å². The smallest absolute Gasteiger partial charge is 0.398 e. The topological polar surface area (TPSA) is 38.0 Å². The highest BCUT2D eigenvalue weighted by molar-refractivity contribution is 9.11. The van der Waals surface area contributed by atoms with Crippen molar-refractivity contribution in [3.8, 4) is 0 Å². The van der Waals surface area contributed by atoms with Crippen molar-refractivity contribution in [2.45, 2.75) is 13.1 Å². The van der Waals surface area contributed by atoms with Crippen LogP contribution in [0.2, 0.25) is 0 Å². The summed E-state index contributed by atoms with van der Waals surface area (Å²) in [5.41, 5.74) is 7.49. The molecular weight excluding hydrogens is 413 g/mol. The number of halogens is 5. The summed E-state index contributed by atoms with van der Waals surface area (Å²) < 4.78 is 39.3. The van der Waals surface area contributed by atoms with Crippen molar-refractivity contribution < 1.29 is 13.2 Å². The summed E-state index contributed by atoms with van der Waals surface area (Å²) in [5, 5.41) is 2.96. The lowest BCUT2D eigenvalue weighted by Crippen LogP contribution is -2.06. The summed E-state index contributed by atoms with van der Waals surface area (Å²) in [6.07, 6.45) is -4.41. The monoisotopic (exact) mass is 422 g/mol. The molecule has 2 rings (SSSR count). The summed E-state index contributed by atoms with van der Waals surface area (Å²) >= 11 is 6.25. The highest BCUT2D eigenvalue weighted by Crippen LogP contribution is 2.37. The van der Waals surface area contributed by atoms with Crippen molar-refractivity contribution in [3.63, 3.8) is 0 Å². The van der Waals surface area contributed by atoms with Crippen LogP contribution in [0, 0.1) is 6.92 Å². The van der Waals surface area contributed by atoms with Crippen molar-refractivity contribution in [1.82, 2.24) is 0 Å². The number of nitrogens with one attached hydrogen (secondary N) is 1. The quantitative estimate of drug-likeness (QED) is 0.593. The zero-order valence-electron chi connectivity index (χ0n) is 10.9. The maximum absolute atomic E-state index is 12.9. The van der Waals surface area contributed by atoms with Crippen LogP contribution in [-0.2, 0) is 6.18 Å². The standard InChI is InChI=1S/C14H11Br2F3N2/c1-7-4-13(11(16)6-12(7)20)21-8-2-3-10(15)9(5-8)14(17,18)19/h2-6,21H,20H2,1H3. The predicted octanol–water partition coefficient (Wildman–Crippen LogP) is 5.86. The third-order valence-corrected chi connectivity index (χ3v) is 4.25. The van der Waals surface area contributed by atoms with E-state index in [-0.39, 0.29) is 4.47 Å². The van der Waals surface area contributed by atoms with Crippen LogP contribution in [0.3, 0.4) is 0 Å². The molecule has 0 atom stereocenters. The second kappa shape index (κ2) is 5.88. The lowest BCUT2D eigenvalue weighted by Gasteiger charge is -2.14. The number of hydrogen-bond donors (Lipinski definition) is 2. The van der Waals surface area contributed by atoms with Gasteiger partial charge in [0.2, 0.25) is 0 Å². The maximum atomic E-state index is 12.9. The molecule has 3 N–H and O–H groups in total. The van der Waals surface area contributed by atoms with Crippen molar-refractivity contribution in [2.24, 2.45) is 0 Å². The number of nitrogens with two attached hydrogens (primary N) is 1. The van der Waals surface area contributed by atoms with E-state index in [1.807, 2.05) is 6.92 Å². The van der Waals surface area contributed by atoms with E-state index in [9.17, 15) is 13.2 Å². The average molecular weight is 424 g/mol. The fourth-order valence-corrected chi connectivity index (χ4v) is 2.70. The first kappa shape index (κ1) is 16.2. The van der Waals surface area contributed by atoms with Gasteiger partial charge >= 0.3 is 6.18 Å². The van der Waals surface area contributed by atoms with Gasteiger partial charge in [-0.2, -0.15) is 13.2 Å². The Hall–Kier alpha value is -1.21. The lowest BCUT2D eigenvalue weighted by molar-refractivity contribution is -0.138. The Bertz CT molecular complexity index is 685. The molecule has 0 fully saturated rings. The number of alkyl halides is 3. The van der Waals surface area contributed by atoms with Crippen molar-refractivity contribution >= 4 is 48.9 Å². The Morgan fingerprint density at radius 2 is 1.71 bits per heavy atom. The molecule has 2 nitrogen and oxygen atoms in total. The first-order chi connectivity index (χ1) is 9.68. The van der Waals surface area contributed by atoms with E-state index in [0.29, 0.717) is 21.5 Å². The van der Waals surface area contributed by atoms with Gasteiger partial charge in [0.1, 0.15) is 0 Å². The molecule has 0 aliphatic carbocycles. The molecular formula is C14H11Br2F3N2. The molecule has 0 saturated carbocycles. The van der Waals surface area contributed by atoms with Gasteiger partial charge in [0.15, 0.2) is 0 Å². The SMILES string of the molecule is Cc1cc(Nc2ccc(Br)c(C(F)(F)F)c2)c(Br)cc1N. The summed E-state index contributed by atoms with van der Waals surface area (Å²) in [4.78, 5) is 0. The fourth-order valence-electron chi connectivity index (χ4n) is 1.77. The van der Waals surface area contributed by atoms with Gasteiger partial charge in [-0.1, -0.05) is 15.9 Å². The van der Waals surface area contributed by atoms with E-state index < -0.39 is 11.7 Å². The van der Waals surface area contributed by atoms with Gasteiger partial charge in [0, 0.05) is 20.3 Å². The first-order valence-electron chi connectivity index (χ1n) is 5.88. The van der Waals surface area contributed by atoms with Crippen molar-refractivity contribution in [1.29, 1.82) is 0 Å². The second-order valence-electron chi connectivity index (χ2n) is 4.51. The molecule has 0 aromatic heterocycles. The molecule has 0 bridgehead atoms. The number of anilines is 3. The summed E-state index contributed by atoms with van der Waals surface area (Å²) in [7, 11) is 0. The number of benzene rings is 2. The molecule has 0 aliphatic heterocycles. The summed E-state index contributed by atoms with van der Waals surface area (Å²) in [6, 6.07) is 7.47. The molecule has 0 heterocycles. The molecule has 2 aromatic rings. The van der Waals surface area contributed by atoms with Gasteiger partial charge in [0.25, 0.3) is 0 Å². The highest BCUT2D eigenvalue weighted by atomic mass is 79.9. The molecule has 7 heteroatoms. The van der Waals surface area contributed by atoms with E-state index in [2.05, 4.69) is 37.2 Å². The minimum absolute atomic E-state index is 0.00750. The Morgan fingerprint density at radius 1 is 1.05 bits per heavy atom. The Balaban J connectivity index is 2.39. The van der Waals surface area contributed by atoms with Gasteiger partial charge in [-0.15, -0.1) is 0 Å². The number of hydrogen-bond acceptors (Lipinski definition) is 2. The number of nitrogen functional groups attached to an aromatic ring is 1. The van der Waals surface area contributed by atoms with Crippen LogP contribution >= 0.6 is 31.9 Å². The molecule has 0 amide bonds. The number of rotatable bonds is 2. The van der Waals surface area contributed by atoms with Gasteiger partial charge in [0.05, 0.1) is 11.3 Å². The van der Waals surface area contributed by atoms with Gasteiger partial charge in [-0.25, -0.2) is 0 Å². The van der Waals surface area contributed by atoms with Crippen LogP contribution in [-0.4, -0.2) is 0 Å². The molecule has 2 aromatic carbocycles. The molecule has 112 valence electrons. The van der Waals surface area contributed by atoms with Gasteiger partial charge in [-0.3, -0.25) is 0 Å². The fraction of sp³-hybridized carbons (Fsp3) is 0.143. The van der Waals surface area contributed by atoms with Crippen LogP contribution in [0.15, 0.2) is 39.3 Å². The van der Waals surface area contributed by atoms with Crippen molar-refractivity contribution in [3.05, 3.63) is 50.4 Å². The van der Waals surface area contributed by atoms with Gasteiger partial charge < -0.3 is 11.1 Å². The molecule has 21 heavy (non-hydrogen) atoms. The Kier molecular flexibility index (Phi) is 4.53. The average Bonchev–Trinajstić information content (AvgIpc) is 2.37. The normalized spacial score (nSPS) is 11.5. The summed E-state index contributed by atoms with van der Waals surface area (Å²) in [6.45, 7) is 1.83. The van der Waals surface area contributed by atoms with Gasteiger partial charge in [-0.05, 0) is 58.7 Å². The highest BCUT2D eigenvalue weighted by Gasteiger charge is 2.33. The van der Waals surface area contributed by atoms with E-state index >= 15 is 0 Å². The molecule has 0 aliphatic rings. The Labute approximate surface area is 136 Å². The Morgan fingerprint density at radius 3 is 2.33 bits per heavy atom. The van der Waals surface area contributed by atoms with Crippen LogP contribution in [0.4, 0.5) is 30.2 Å². The molecule has 0 radical (unpaired) electrons. The summed E-state index contributed by atoms with van der Waals surface area (Å²) in [5.74, 6) is 0. The third-order valence-electron chi connectivity index (χ3n) is 2.91. The van der Waals surface area contributed by atoms with Crippen LogP contribution in [0.1, 0.15) is 11.1 Å². The van der Waals surface area contributed by atoms with E-state index in [1.54, 1.807) is 18.2 Å². The molecule has 0 saturated heterocycles. The maximum Gasteiger partial charge on any atom is 0.417 e. The third kappa shape index (κ3) is 3.71. The van der Waals surface area contributed by atoms with E-state index in [1.165, 1.54) is 6.07 Å². The predicted molar refractivity (Wildman–Crippen MR) is 85.7 cm³/mol. The molecule has 0 unspecified atom stereocenters. The minimum atomic E-state index is -4.41. The zero-order chi connectivity index (χ0) is 15.8. The largest absolute Gasteiger partial charge is 0.417 e. The van der Waals surface area contributed by atoms with E-state index in [0.717, 1.165) is 11.6 Å². The van der Waals surface area contributed by atoms with E-state index in [4.69, 9.17) is 5.73 Å².